The third-order valence-electron chi connectivity index (χ3n) is 6.27. The van der Waals surface area contributed by atoms with Crippen molar-refractivity contribution in [2.45, 2.75) is 25.8 Å². The number of nitrogens with one attached hydrogen (secondary N) is 2. The Balaban J connectivity index is 1.36. The molecule has 2 amide bonds. The topological polar surface area (TPSA) is 92.1 Å². The molecule has 37 heavy (non-hydrogen) atoms. The Kier molecular flexibility index (Phi) is 7.46. The number of pyridine rings is 1. The molecule has 8 nitrogen and oxygen atoms in total. The second kappa shape index (κ2) is 11.3. The maximum Gasteiger partial charge on any atom is 0.274 e. The lowest BCUT2D eigenvalue weighted by molar-refractivity contribution is 0.0945. The number of rotatable bonds is 7. The molecule has 4 aromatic rings. The van der Waals surface area contributed by atoms with Crippen LogP contribution in [-0.4, -0.2) is 39.7 Å². The van der Waals surface area contributed by atoms with Gasteiger partial charge in [0.2, 0.25) is 0 Å². The Labute approximate surface area is 220 Å². The van der Waals surface area contributed by atoms with E-state index in [1.807, 2.05) is 30.3 Å². The molecule has 0 aliphatic carbocycles. The summed E-state index contributed by atoms with van der Waals surface area (Å²) in [5, 5.41) is 10.8. The summed E-state index contributed by atoms with van der Waals surface area (Å²) in [6.07, 6.45) is 7.03. The van der Waals surface area contributed by atoms with Gasteiger partial charge in [-0.25, -0.2) is 4.68 Å². The summed E-state index contributed by atoms with van der Waals surface area (Å²) < 4.78 is 1.45. The number of piperidine rings is 1. The lowest BCUT2D eigenvalue weighted by atomic mass is 10.1. The predicted molar refractivity (Wildman–Crippen MR) is 144 cm³/mol. The van der Waals surface area contributed by atoms with Crippen LogP contribution in [0.2, 0.25) is 5.02 Å². The van der Waals surface area contributed by atoms with Gasteiger partial charge in [-0.1, -0.05) is 17.7 Å². The molecule has 0 spiro atoms. The molecule has 2 aromatic heterocycles. The monoisotopic (exact) mass is 514 g/mol. The summed E-state index contributed by atoms with van der Waals surface area (Å²) in [7, 11) is 0. The number of hydrogen-bond donors (Lipinski definition) is 2. The van der Waals surface area contributed by atoms with Gasteiger partial charge in [0.25, 0.3) is 11.8 Å². The fourth-order valence-corrected chi connectivity index (χ4v) is 4.44. The fourth-order valence-electron chi connectivity index (χ4n) is 4.31. The zero-order valence-corrected chi connectivity index (χ0v) is 21.0. The van der Waals surface area contributed by atoms with Crippen molar-refractivity contribution < 1.29 is 9.59 Å². The molecule has 1 fully saturated rings. The molecular weight excluding hydrogens is 488 g/mol. The van der Waals surface area contributed by atoms with E-state index in [0.717, 1.165) is 24.3 Å². The third-order valence-corrected chi connectivity index (χ3v) is 6.52. The molecule has 0 saturated carbocycles. The van der Waals surface area contributed by atoms with Crippen molar-refractivity contribution in [1.29, 1.82) is 0 Å². The van der Waals surface area contributed by atoms with E-state index in [4.69, 9.17) is 11.6 Å². The van der Waals surface area contributed by atoms with Gasteiger partial charge in [0.15, 0.2) is 5.69 Å². The molecule has 0 radical (unpaired) electrons. The van der Waals surface area contributed by atoms with Crippen LogP contribution < -0.4 is 15.5 Å². The molecule has 188 valence electrons. The molecule has 0 bridgehead atoms. The molecule has 1 saturated heterocycles. The molecular formula is C28H27ClN6O2. The quantitative estimate of drug-likeness (QED) is 0.358. The largest absolute Gasteiger partial charge is 0.372 e. The SMILES string of the molecule is O=C(NCc1cccnc1)c1cc(C(=O)Nc2ccc(N3CCCCC3)cc2)n(-c2ccc(Cl)cc2)n1. The van der Waals surface area contributed by atoms with Crippen LogP contribution in [0.25, 0.3) is 5.69 Å². The Hall–Kier alpha value is -4.17. The summed E-state index contributed by atoms with van der Waals surface area (Å²) >= 11 is 6.05. The van der Waals surface area contributed by atoms with Crippen molar-refractivity contribution in [2.75, 3.05) is 23.3 Å². The van der Waals surface area contributed by atoms with Crippen molar-refractivity contribution >= 4 is 34.8 Å². The summed E-state index contributed by atoms with van der Waals surface area (Å²) in [5.41, 5.74) is 3.65. The minimum absolute atomic E-state index is 0.129. The van der Waals surface area contributed by atoms with E-state index in [2.05, 4.69) is 25.6 Å². The van der Waals surface area contributed by atoms with Crippen LogP contribution in [0.1, 0.15) is 45.8 Å². The average molecular weight is 515 g/mol. The number of benzene rings is 2. The second-order valence-electron chi connectivity index (χ2n) is 8.90. The number of halogens is 1. The van der Waals surface area contributed by atoms with Crippen molar-refractivity contribution in [1.82, 2.24) is 20.1 Å². The van der Waals surface area contributed by atoms with E-state index in [9.17, 15) is 9.59 Å². The molecule has 0 atom stereocenters. The van der Waals surface area contributed by atoms with Crippen LogP contribution in [0, 0.1) is 0 Å². The van der Waals surface area contributed by atoms with E-state index in [0.29, 0.717) is 22.9 Å². The van der Waals surface area contributed by atoms with Crippen LogP contribution in [0.4, 0.5) is 11.4 Å². The van der Waals surface area contributed by atoms with Crippen molar-refractivity contribution in [3.05, 3.63) is 101 Å². The third kappa shape index (κ3) is 5.98. The highest BCUT2D eigenvalue weighted by molar-refractivity contribution is 6.30. The molecule has 1 aliphatic rings. The van der Waals surface area contributed by atoms with Crippen LogP contribution >= 0.6 is 11.6 Å². The first-order valence-corrected chi connectivity index (χ1v) is 12.6. The number of anilines is 2. The van der Waals surface area contributed by atoms with Crippen LogP contribution in [0.15, 0.2) is 79.1 Å². The van der Waals surface area contributed by atoms with Crippen molar-refractivity contribution in [2.24, 2.45) is 0 Å². The van der Waals surface area contributed by atoms with E-state index < -0.39 is 5.91 Å². The normalized spacial score (nSPS) is 13.3. The number of carbonyl (C=O) groups excluding carboxylic acids is 2. The Bertz CT molecular complexity index is 1360. The maximum atomic E-state index is 13.3. The summed E-state index contributed by atoms with van der Waals surface area (Å²) in [6, 6.07) is 19.9. The first kappa shape index (κ1) is 24.5. The first-order chi connectivity index (χ1) is 18.1. The number of carbonyl (C=O) groups is 2. The van der Waals surface area contributed by atoms with Crippen LogP contribution in [0.5, 0.6) is 0 Å². The average Bonchev–Trinajstić information content (AvgIpc) is 3.40. The Morgan fingerprint density at radius 2 is 1.62 bits per heavy atom. The molecule has 2 aromatic carbocycles. The first-order valence-electron chi connectivity index (χ1n) is 12.3. The predicted octanol–water partition coefficient (Wildman–Crippen LogP) is 5.09. The Morgan fingerprint density at radius 3 is 2.32 bits per heavy atom. The smallest absolute Gasteiger partial charge is 0.274 e. The van der Waals surface area contributed by atoms with Gasteiger partial charge in [-0.2, -0.15) is 5.10 Å². The van der Waals surface area contributed by atoms with Gasteiger partial charge >= 0.3 is 0 Å². The number of aromatic nitrogens is 3. The van der Waals surface area contributed by atoms with Gasteiger partial charge in [0, 0.05) is 54.5 Å². The number of hydrogen-bond acceptors (Lipinski definition) is 5. The minimum Gasteiger partial charge on any atom is -0.372 e. The number of nitrogens with zero attached hydrogens (tertiary/aromatic N) is 4. The van der Waals surface area contributed by atoms with Crippen molar-refractivity contribution in [3.8, 4) is 5.69 Å². The van der Waals surface area contributed by atoms with E-state index in [-0.39, 0.29) is 17.3 Å². The standard InChI is InChI=1S/C28H27ClN6O2/c29-21-6-10-24(11-7-21)35-26(17-25(33-35)27(36)31-19-20-5-4-14-30-18-20)28(37)32-22-8-12-23(13-9-22)34-15-2-1-3-16-34/h4-14,17-18H,1-3,15-16,19H2,(H,31,36)(H,32,37). The summed E-state index contributed by atoms with van der Waals surface area (Å²) in [6.45, 7) is 2.40. The molecule has 3 heterocycles. The maximum absolute atomic E-state index is 13.3. The number of amides is 2. The van der Waals surface area contributed by atoms with Gasteiger partial charge in [-0.05, 0) is 79.4 Å². The Morgan fingerprint density at radius 1 is 0.892 bits per heavy atom. The lowest BCUT2D eigenvalue weighted by Gasteiger charge is -2.28. The van der Waals surface area contributed by atoms with Gasteiger partial charge in [-0.3, -0.25) is 14.6 Å². The van der Waals surface area contributed by atoms with E-state index in [1.54, 1.807) is 42.7 Å². The molecule has 2 N–H and O–H groups in total. The molecule has 0 unspecified atom stereocenters. The zero-order valence-electron chi connectivity index (χ0n) is 20.2. The van der Waals surface area contributed by atoms with Crippen molar-refractivity contribution in [3.63, 3.8) is 0 Å². The van der Waals surface area contributed by atoms with E-state index in [1.165, 1.54) is 30.0 Å². The molecule has 1 aliphatic heterocycles. The highest BCUT2D eigenvalue weighted by Gasteiger charge is 2.21. The lowest BCUT2D eigenvalue weighted by Crippen LogP contribution is -2.29. The van der Waals surface area contributed by atoms with Gasteiger partial charge < -0.3 is 15.5 Å². The highest BCUT2D eigenvalue weighted by atomic mass is 35.5. The summed E-state index contributed by atoms with van der Waals surface area (Å²) in [4.78, 5) is 32.6. The van der Waals surface area contributed by atoms with E-state index >= 15 is 0 Å². The highest BCUT2D eigenvalue weighted by Crippen LogP contribution is 2.23. The summed E-state index contributed by atoms with van der Waals surface area (Å²) in [5.74, 6) is -0.768. The van der Waals surface area contributed by atoms with Gasteiger partial charge in [0.05, 0.1) is 5.69 Å². The minimum atomic E-state index is -0.392. The molecule has 5 rings (SSSR count). The van der Waals surface area contributed by atoms with Gasteiger partial charge in [0.1, 0.15) is 5.69 Å². The van der Waals surface area contributed by atoms with Crippen LogP contribution in [0.3, 0.4) is 0 Å². The van der Waals surface area contributed by atoms with Gasteiger partial charge in [-0.15, -0.1) is 0 Å². The zero-order chi connectivity index (χ0) is 25.6. The van der Waals surface area contributed by atoms with Crippen LogP contribution in [-0.2, 0) is 6.54 Å². The second-order valence-corrected chi connectivity index (χ2v) is 9.33. The molecule has 9 heteroatoms. The fraction of sp³-hybridized carbons (Fsp3) is 0.214.